The number of carbonyl (C=O) groups excluding carboxylic acids is 2. The van der Waals surface area contributed by atoms with Crippen LogP contribution in [0.2, 0.25) is 5.02 Å². The molecule has 0 bridgehead atoms. The SMILES string of the molecule is CC.CNCC(CO)CC(CNC=O)N(C(=O)NCc1cc(F)c(Cl)cc1F)C1CC1. The molecule has 10 heteroatoms. The Morgan fingerprint density at radius 3 is 2.52 bits per heavy atom. The fourth-order valence-electron chi connectivity index (χ4n) is 3.32. The van der Waals surface area contributed by atoms with Gasteiger partial charge in [0.2, 0.25) is 6.41 Å². The minimum absolute atomic E-state index is 0.00850. The van der Waals surface area contributed by atoms with E-state index in [0.717, 1.165) is 25.0 Å². The molecule has 1 fully saturated rings. The van der Waals surface area contributed by atoms with Gasteiger partial charge in [-0.2, -0.15) is 0 Å². The highest BCUT2D eigenvalue weighted by Gasteiger charge is 2.38. The summed E-state index contributed by atoms with van der Waals surface area (Å²) in [6, 6.07) is 1.07. The summed E-state index contributed by atoms with van der Waals surface area (Å²) in [6.45, 7) is 4.53. The van der Waals surface area contributed by atoms with Crippen molar-refractivity contribution in [1.29, 1.82) is 0 Å². The van der Waals surface area contributed by atoms with Gasteiger partial charge < -0.3 is 26.0 Å². The van der Waals surface area contributed by atoms with Crippen LogP contribution in [-0.2, 0) is 11.3 Å². The van der Waals surface area contributed by atoms with Gasteiger partial charge in [0.15, 0.2) is 0 Å². The molecule has 2 atom stereocenters. The van der Waals surface area contributed by atoms with Gasteiger partial charge in [-0.15, -0.1) is 0 Å². The molecule has 1 saturated carbocycles. The smallest absolute Gasteiger partial charge is 0.318 e. The quantitative estimate of drug-likeness (QED) is 0.284. The van der Waals surface area contributed by atoms with Crippen LogP contribution in [0.25, 0.3) is 0 Å². The molecule has 0 heterocycles. The third-order valence-electron chi connectivity index (χ3n) is 4.88. The van der Waals surface area contributed by atoms with Gasteiger partial charge in [0.1, 0.15) is 11.6 Å². The minimum Gasteiger partial charge on any atom is -0.396 e. The number of nitrogens with zero attached hydrogens (tertiary/aromatic N) is 1. The van der Waals surface area contributed by atoms with Crippen LogP contribution >= 0.6 is 11.6 Å². The second kappa shape index (κ2) is 14.2. The van der Waals surface area contributed by atoms with E-state index in [-0.39, 0.29) is 48.3 Å². The summed E-state index contributed by atoms with van der Waals surface area (Å²) in [5, 5.41) is 17.5. The average molecular weight is 463 g/mol. The van der Waals surface area contributed by atoms with Gasteiger partial charge in [0, 0.05) is 31.3 Å². The lowest BCUT2D eigenvalue weighted by molar-refractivity contribution is -0.109. The maximum atomic E-state index is 14.0. The molecule has 0 spiro atoms. The molecule has 2 rings (SSSR count). The average Bonchev–Trinajstić information content (AvgIpc) is 3.59. The molecular formula is C21H33ClF2N4O3. The van der Waals surface area contributed by atoms with E-state index in [1.165, 1.54) is 0 Å². The maximum absolute atomic E-state index is 14.0. The molecule has 4 N–H and O–H groups in total. The maximum Gasteiger partial charge on any atom is 0.318 e. The van der Waals surface area contributed by atoms with Gasteiger partial charge in [-0.1, -0.05) is 25.4 Å². The van der Waals surface area contributed by atoms with Crippen LogP contribution in [0.1, 0.15) is 38.7 Å². The fourth-order valence-corrected chi connectivity index (χ4v) is 3.47. The van der Waals surface area contributed by atoms with Crippen molar-refractivity contribution in [2.24, 2.45) is 5.92 Å². The molecule has 1 aliphatic rings. The minimum atomic E-state index is -0.762. The van der Waals surface area contributed by atoms with Crippen molar-refractivity contribution in [3.63, 3.8) is 0 Å². The van der Waals surface area contributed by atoms with Crippen LogP contribution in [0.15, 0.2) is 12.1 Å². The van der Waals surface area contributed by atoms with Gasteiger partial charge in [0.25, 0.3) is 0 Å². The molecule has 1 aromatic carbocycles. The van der Waals surface area contributed by atoms with E-state index in [9.17, 15) is 23.5 Å². The molecular weight excluding hydrogens is 430 g/mol. The Kier molecular flexibility index (Phi) is 12.4. The number of hydrogen-bond acceptors (Lipinski definition) is 4. The number of rotatable bonds is 12. The van der Waals surface area contributed by atoms with Crippen molar-refractivity contribution in [2.75, 3.05) is 26.7 Å². The van der Waals surface area contributed by atoms with Crippen molar-refractivity contribution < 1.29 is 23.5 Å². The molecule has 2 unspecified atom stereocenters. The molecule has 176 valence electrons. The number of halogens is 3. The number of nitrogens with one attached hydrogen (secondary N) is 3. The number of aliphatic hydroxyl groups is 1. The van der Waals surface area contributed by atoms with E-state index < -0.39 is 17.7 Å². The van der Waals surface area contributed by atoms with Crippen LogP contribution < -0.4 is 16.0 Å². The standard InChI is InChI=1S/C19H27ClF2N4O3.C2H6/c1-23-7-12(10-27)4-15(9-24-11-28)26(14-2-3-14)19(29)25-8-13-5-18(22)16(20)6-17(13)21;1-2/h5-6,11-12,14-15,23,27H,2-4,7-10H2,1H3,(H,24,28)(H,25,29);1-2H3. The second-order valence-corrected chi connectivity index (χ2v) is 7.58. The Balaban J connectivity index is 0.00000233. The molecule has 0 aromatic heterocycles. The topological polar surface area (TPSA) is 93.7 Å². The Labute approximate surface area is 187 Å². The zero-order chi connectivity index (χ0) is 23.4. The first-order valence-corrected chi connectivity index (χ1v) is 10.9. The van der Waals surface area contributed by atoms with Crippen molar-refractivity contribution >= 4 is 24.0 Å². The molecule has 1 aliphatic carbocycles. The van der Waals surface area contributed by atoms with Gasteiger partial charge in [-0.3, -0.25) is 4.79 Å². The van der Waals surface area contributed by atoms with E-state index in [0.29, 0.717) is 19.4 Å². The Morgan fingerprint density at radius 1 is 1.29 bits per heavy atom. The number of aliphatic hydroxyl groups excluding tert-OH is 1. The zero-order valence-electron chi connectivity index (χ0n) is 18.3. The molecule has 0 saturated heterocycles. The summed E-state index contributed by atoms with van der Waals surface area (Å²) in [5.74, 6) is -1.57. The second-order valence-electron chi connectivity index (χ2n) is 7.18. The largest absolute Gasteiger partial charge is 0.396 e. The third kappa shape index (κ3) is 8.59. The first-order chi connectivity index (χ1) is 14.9. The van der Waals surface area contributed by atoms with Gasteiger partial charge >= 0.3 is 6.03 Å². The lowest BCUT2D eigenvalue weighted by Gasteiger charge is -2.34. The Hall–Kier alpha value is -1.97. The van der Waals surface area contributed by atoms with Crippen molar-refractivity contribution in [1.82, 2.24) is 20.9 Å². The van der Waals surface area contributed by atoms with Gasteiger partial charge in [-0.25, -0.2) is 13.6 Å². The molecule has 0 aliphatic heterocycles. The first kappa shape index (κ1) is 27.1. The summed E-state index contributed by atoms with van der Waals surface area (Å²) < 4.78 is 27.6. The normalized spacial score (nSPS) is 14.7. The monoisotopic (exact) mass is 462 g/mol. The highest BCUT2D eigenvalue weighted by molar-refractivity contribution is 6.30. The molecule has 3 amide bonds. The van der Waals surface area contributed by atoms with Crippen LogP contribution in [0.4, 0.5) is 13.6 Å². The number of amides is 3. The molecule has 1 aromatic rings. The van der Waals surface area contributed by atoms with Crippen LogP contribution in [0, 0.1) is 17.6 Å². The molecule has 7 nitrogen and oxygen atoms in total. The number of urea groups is 1. The summed E-state index contributed by atoms with van der Waals surface area (Å²) >= 11 is 5.56. The summed E-state index contributed by atoms with van der Waals surface area (Å²) in [4.78, 5) is 25.3. The number of benzene rings is 1. The third-order valence-corrected chi connectivity index (χ3v) is 5.17. The van der Waals surface area contributed by atoms with E-state index in [4.69, 9.17) is 11.6 Å². The van der Waals surface area contributed by atoms with E-state index in [2.05, 4.69) is 16.0 Å². The van der Waals surface area contributed by atoms with Crippen molar-refractivity contribution in [2.45, 2.75) is 51.7 Å². The van der Waals surface area contributed by atoms with E-state index >= 15 is 0 Å². The fraction of sp³-hybridized carbons (Fsp3) is 0.619. The van der Waals surface area contributed by atoms with Crippen LogP contribution in [0.5, 0.6) is 0 Å². The zero-order valence-corrected chi connectivity index (χ0v) is 19.0. The van der Waals surface area contributed by atoms with Crippen molar-refractivity contribution in [3.05, 3.63) is 34.4 Å². The first-order valence-electron chi connectivity index (χ1n) is 10.5. The van der Waals surface area contributed by atoms with E-state index in [1.54, 1.807) is 11.9 Å². The molecule has 0 radical (unpaired) electrons. The predicted molar refractivity (Wildman–Crippen MR) is 117 cm³/mol. The predicted octanol–water partition coefficient (Wildman–Crippen LogP) is 2.65. The number of carbonyl (C=O) groups is 2. The van der Waals surface area contributed by atoms with E-state index in [1.807, 2.05) is 13.8 Å². The summed E-state index contributed by atoms with van der Waals surface area (Å²) in [6.07, 6.45) is 2.69. The Bertz CT molecular complexity index is 707. The van der Waals surface area contributed by atoms with Crippen LogP contribution in [-0.4, -0.2) is 61.3 Å². The lowest BCUT2D eigenvalue weighted by atomic mass is 9.99. The number of hydrogen-bond donors (Lipinski definition) is 4. The van der Waals surface area contributed by atoms with Gasteiger partial charge in [-0.05, 0) is 50.9 Å². The highest BCUT2D eigenvalue weighted by atomic mass is 35.5. The highest BCUT2D eigenvalue weighted by Crippen LogP contribution is 2.30. The van der Waals surface area contributed by atoms with Gasteiger partial charge in [0.05, 0.1) is 11.1 Å². The molecule has 31 heavy (non-hydrogen) atoms. The summed E-state index contributed by atoms with van der Waals surface area (Å²) in [5.41, 5.74) is -0.0121. The van der Waals surface area contributed by atoms with Crippen LogP contribution in [0.3, 0.4) is 0 Å². The van der Waals surface area contributed by atoms with Crippen molar-refractivity contribution in [3.8, 4) is 0 Å². The summed E-state index contributed by atoms with van der Waals surface area (Å²) in [7, 11) is 1.77. The lowest BCUT2D eigenvalue weighted by Crippen LogP contribution is -2.52. The Morgan fingerprint density at radius 2 is 1.97 bits per heavy atom.